The van der Waals surface area contributed by atoms with Crippen LogP contribution in [0.4, 0.5) is 0 Å². The summed E-state index contributed by atoms with van der Waals surface area (Å²) in [5.41, 5.74) is 1.51. The zero-order chi connectivity index (χ0) is 16.8. The van der Waals surface area contributed by atoms with Gasteiger partial charge in [0.05, 0.1) is 18.8 Å². The van der Waals surface area contributed by atoms with Gasteiger partial charge in [-0.3, -0.25) is 0 Å². The quantitative estimate of drug-likeness (QED) is 0.739. The molecule has 0 N–H and O–H groups in total. The fourth-order valence-electron chi connectivity index (χ4n) is 2.90. The van der Waals surface area contributed by atoms with Crippen molar-refractivity contribution in [2.24, 2.45) is 0 Å². The van der Waals surface area contributed by atoms with Crippen LogP contribution in [0.15, 0.2) is 48.5 Å². The average Bonchev–Trinajstić information content (AvgIpc) is 3.13. The highest BCUT2D eigenvalue weighted by Crippen LogP contribution is 2.29. The lowest BCUT2D eigenvalue weighted by atomic mass is 10.2. The summed E-state index contributed by atoms with van der Waals surface area (Å²) in [6.07, 6.45) is 4.72. The molecule has 2 aromatic carbocycles. The van der Waals surface area contributed by atoms with E-state index >= 15 is 0 Å². The normalized spacial score (nSPS) is 14.4. The Balaban J connectivity index is 1.76. The molecule has 1 fully saturated rings. The van der Waals surface area contributed by atoms with Gasteiger partial charge in [-0.1, -0.05) is 30.3 Å². The zero-order valence-corrected chi connectivity index (χ0v) is 13.9. The molecule has 0 saturated heterocycles. The van der Waals surface area contributed by atoms with E-state index in [0.717, 1.165) is 18.4 Å². The van der Waals surface area contributed by atoms with E-state index in [1.807, 2.05) is 36.4 Å². The summed E-state index contributed by atoms with van der Waals surface area (Å²) in [5, 5.41) is 0. The minimum atomic E-state index is -0.392. The van der Waals surface area contributed by atoms with E-state index in [9.17, 15) is 4.79 Å². The smallest absolute Gasteiger partial charge is 0.338 e. The fraction of sp³-hybridized carbons (Fsp3) is 0.350. The molecule has 24 heavy (non-hydrogen) atoms. The third kappa shape index (κ3) is 4.28. The van der Waals surface area contributed by atoms with Crippen LogP contribution >= 0.6 is 0 Å². The Morgan fingerprint density at radius 2 is 1.75 bits per heavy atom. The van der Waals surface area contributed by atoms with Crippen molar-refractivity contribution in [2.45, 2.75) is 38.4 Å². The Labute approximate surface area is 142 Å². The lowest BCUT2D eigenvalue weighted by molar-refractivity contribution is 0.0599. The van der Waals surface area contributed by atoms with Crippen molar-refractivity contribution in [3.8, 4) is 11.5 Å². The van der Waals surface area contributed by atoms with Gasteiger partial charge in [0.1, 0.15) is 18.1 Å². The second-order valence-electron chi connectivity index (χ2n) is 5.98. The molecular weight excluding hydrogens is 304 g/mol. The predicted molar refractivity (Wildman–Crippen MR) is 91.4 cm³/mol. The van der Waals surface area contributed by atoms with Crippen molar-refractivity contribution in [3.05, 3.63) is 59.7 Å². The van der Waals surface area contributed by atoms with Gasteiger partial charge in [-0.25, -0.2) is 4.79 Å². The topological polar surface area (TPSA) is 44.8 Å². The first-order valence-corrected chi connectivity index (χ1v) is 8.31. The number of hydrogen-bond donors (Lipinski definition) is 0. The monoisotopic (exact) mass is 326 g/mol. The Hall–Kier alpha value is -2.49. The Kier molecular flexibility index (Phi) is 5.36. The number of methoxy groups -OCH3 is 1. The van der Waals surface area contributed by atoms with Crippen LogP contribution in [-0.2, 0) is 11.3 Å². The summed E-state index contributed by atoms with van der Waals surface area (Å²) < 4.78 is 16.7. The summed E-state index contributed by atoms with van der Waals surface area (Å²) in [6, 6.07) is 15.2. The minimum Gasteiger partial charge on any atom is -0.490 e. The first kappa shape index (κ1) is 16.4. The zero-order valence-electron chi connectivity index (χ0n) is 13.9. The van der Waals surface area contributed by atoms with Crippen LogP contribution in [0.25, 0.3) is 0 Å². The molecule has 4 nitrogen and oxygen atoms in total. The highest BCUT2D eigenvalue weighted by atomic mass is 16.5. The number of ether oxygens (including phenoxy) is 3. The minimum absolute atomic E-state index is 0.222. The molecule has 2 aromatic rings. The van der Waals surface area contributed by atoms with Crippen LogP contribution in [0.3, 0.4) is 0 Å². The van der Waals surface area contributed by atoms with Crippen LogP contribution in [0.2, 0.25) is 0 Å². The molecule has 0 aliphatic heterocycles. The molecule has 4 heteroatoms. The molecule has 0 spiro atoms. The molecule has 0 radical (unpaired) electrons. The van der Waals surface area contributed by atoms with Crippen molar-refractivity contribution in [3.63, 3.8) is 0 Å². The number of rotatable bonds is 6. The van der Waals surface area contributed by atoms with Crippen molar-refractivity contribution in [1.82, 2.24) is 0 Å². The van der Waals surface area contributed by atoms with Gasteiger partial charge in [0, 0.05) is 6.07 Å². The lowest BCUT2D eigenvalue weighted by Crippen LogP contribution is -2.12. The molecule has 1 aliphatic carbocycles. The summed E-state index contributed by atoms with van der Waals surface area (Å²) in [7, 11) is 1.37. The predicted octanol–water partition coefficient (Wildman–Crippen LogP) is 4.37. The van der Waals surface area contributed by atoms with Crippen molar-refractivity contribution in [1.29, 1.82) is 0 Å². The maximum Gasteiger partial charge on any atom is 0.338 e. The van der Waals surface area contributed by atoms with E-state index < -0.39 is 5.97 Å². The molecule has 0 heterocycles. The number of hydrogen-bond acceptors (Lipinski definition) is 4. The molecule has 3 rings (SSSR count). The first-order chi connectivity index (χ1) is 11.7. The third-order valence-corrected chi connectivity index (χ3v) is 4.15. The highest BCUT2D eigenvalue weighted by Gasteiger charge is 2.18. The Morgan fingerprint density at radius 3 is 2.46 bits per heavy atom. The van der Waals surface area contributed by atoms with Gasteiger partial charge in [-0.15, -0.1) is 0 Å². The van der Waals surface area contributed by atoms with Gasteiger partial charge in [0.2, 0.25) is 0 Å². The molecule has 0 unspecified atom stereocenters. The number of carbonyl (C=O) groups excluding carboxylic acids is 1. The average molecular weight is 326 g/mol. The molecule has 126 valence electrons. The van der Waals surface area contributed by atoms with Crippen LogP contribution in [-0.4, -0.2) is 19.2 Å². The maximum absolute atomic E-state index is 11.9. The van der Waals surface area contributed by atoms with Gasteiger partial charge < -0.3 is 14.2 Å². The van der Waals surface area contributed by atoms with Crippen molar-refractivity contribution >= 4 is 5.97 Å². The summed E-state index contributed by atoms with van der Waals surface area (Å²) >= 11 is 0. The Morgan fingerprint density at radius 1 is 1.04 bits per heavy atom. The molecule has 0 aromatic heterocycles. The molecule has 1 saturated carbocycles. The number of benzene rings is 2. The van der Waals surface area contributed by atoms with Gasteiger partial charge in [-0.05, 0) is 43.4 Å². The lowest BCUT2D eigenvalue weighted by Gasteiger charge is -2.15. The standard InChI is InChI=1S/C20H22O4/c1-22-20(21)16-11-18(23-14-15-7-3-2-4-8-15)13-19(12-16)24-17-9-5-6-10-17/h2-4,7-8,11-13,17H,5-6,9-10,14H2,1H3. The molecular formula is C20H22O4. The molecule has 0 amide bonds. The van der Waals surface area contributed by atoms with E-state index in [1.54, 1.807) is 12.1 Å². The maximum atomic E-state index is 11.9. The van der Waals surface area contributed by atoms with Crippen molar-refractivity contribution in [2.75, 3.05) is 7.11 Å². The summed E-state index contributed by atoms with van der Waals surface area (Å²) in [5.74, 6) is 0.874. The second kappa shape index (κ2) is 7.86. The fourth-order valence-corrected chi connectivity index (χ4v) is 2.90. The molecule has 1 aliphatic rings. The van der Waals surface area contributed by atoms with Gasteiger partial charge in [-0.2, -0.15) is 0 Å². The van der Waals surface area contributed by atoms with Gasteiger partial charge >= 0.3 is 5.97 Å². The number of esters is 1. The SMILES string of the molecule is COC(=O)c1cc(OCc2ccccc2)cc(OC2CCCC2)c1. The largest absolute Gasteiger partial charge is 0.490 e. The van der Waals surface area contributed by atoms with Crippen LogP contribution in [0.1, 0.15) is 41.6 Å². The van der Waals surface area contributed by atoms with E-state index in [0.29, 0.717) is 23.7 Å². The van der Waals surface area contributed by atoms with Gasteiger partial charge in [0.15, 0.2) is 0 Å². The van der Waals surface area contributed by atoms with Crippen LogP contribution in [0, 0.1) is 0 Å². The van der Waals surface area contributed by atoms with Gasteiger partial charge in [0.25, 0.3) is 0 Å². The van der Waals surface area contributed by atoms with E-state index in [-0.39, 0.29) is 6.10 Å². The number of carbonyl (C=O) groups is 1. The third-order valence-electron chi connectivity index (χ3n) is 4.15. The summed E-state index contributed by atoms with van der Waals surface area (Å²) in [4.78, 5) is 11.9. The van der Waals surface area contributed by atoms with Crippen LogP contribution in [0.5, 0.6) is 11.5 Å². The van der Waals surface area contributed by atoms with Crippen molar-refractivity contribution < 1.29 is 19.0 Å². The molecule has 0 bridgehead atoms. The highest BCUT2D eigenvalue weighted by molar-refractivity contribution is 5.90. The van der Waals surface area contributed by atoms with E-state index in [1.165, 1.54) is 20.0 Å². The molecule has 0 atom stereocenters. The van der Waals surface area contributed by atoms with Crippen LogP contribution < -0.4 is 9.47 Å². The van der Waals surface area contributed by atoms with E-state index in [4.69, 9.17) is 14.2 Å². The van der Waals surface area contributed by atoms with E-state index in [2.05, 4.69) is 0 Å². The first-order valence-electron chi connectivity index (χ1n) is 8.31. The summed E-state index contributed by atoms with van der Waals surface area (Å²) in [6.45, 7) is 0.439. The second-order valence-corrected chi connectivity index (χ2v) is 5.98. The Bertz CT molecular complexity index is 675.